The second kappa shape index (κ2) is 2.70. The number of hydrogen-bond donors (Lipinski definition) is 0. The van der Waals surface area contributed by atoms with Crippen molar-refractivity contribution >= 4 is 9.84 Å². The zero-order valence-corrected chi connectivity index (χ0v) is 9.01. The molecule has 1 aliphatic carbocycles. The Morgan fingerprint density at radius 1 is 1.29 bits per heavy atom. The summed E-state index contributed by atoms with van der Waals surface area (Å²) in [4.78, 5) is 0.416. The molecule has 0 radical (unpaired) electrons. The van der Waals surface area contributed by atoms with E-state index in [1.54, 1.807) is 12.2 Å². The van der Waals surface area contributed by atoms with Gasteiger partial charge < -0.3 is 0 Å². The number of allylic oxidation sites excluding steroid dienone is 6. The van der Waals surface area contributed by atoms with E-state index in [-0.39, 0.29) is 5.41 Å². The van der Waals surface area contributed by atoms with Gasteiger partial charge in [-0.15, -0.1) is 0 Å². The zero-order valence-electron chi connectivity index (χ0n) is 8.19. The first-order valence-corrected chi connectivity index (χ1v) is 6.01. The van der Waals surface area contributed by atoms with E-state index in [2.05, 4.69) is 0 Å². The Hall–Kier alpha value is -1.09. The van der Waals surface area contributed by atoms with Crippen molar-refractivity contribution in [3.63, 3.8) is 0 Å². The third-order valence-electron chi connectivity index (χ3n) is 2.32. The number of rotatable bonds is 0. The normalized spacial score (nSPS) is 26.4. The largest absolute Gasteiger partial charge is 0.219 e. The Morgan fingerprint density at radius 3 is 2.71 bits per heavy atom. The molecular weight excluding hydrogens is 196 g/mol. The Kier molecular flexibility index (Phi) is 1.83. The van der Waals surface area contributed by atoms with Crippen molar-refractivity contribution in [2.24, 2.45) is 5.41 Å². The van der Waals surface area contributed by atoms with Gasteiger partial charge in [-0.3, -0.25) is 0 Å². The smallest absolute Gasteiger partial charge is 0.200 e. The van der Waals surface area contributed by atoms with Gasteiger partial charge in [0.15, 0.2) is 9.84 Å². The minimum absolute atomic E-state index is 0.0855. The highest BCUT2D eigenvalue weighted by atomic mass is 32.2. The quantitative estimate of drug-likeness (QED) is 0.612. The van der Waals surface area contributed by atoms with Gasteiger partial charge in [0.25, 0.3) is 0 Å². The van der Waals surface area contributed by atoms with Crippen LogP contribution in [0.25, 0.3) is 0 Å². The average Bonchev–Trinajstić information content (AvgIpc) is 2.27. The maximum Gasteiger partial charge on any atom is 0.200 e. The summed E-state index contributed by atoms with van der Waals surface area (Å²) in [5.74, 6) is 0. The molecule has 0 spiro atoms. The monoisotopic (exact) mass is 208 g/mol. The van der Waals surface area contributed by atoms with Crippen LogP contribution in [0, 0.1) is 5.41 Å². The molecular formula is C11H12O2S. The standard InChI is InChI=1S/C11H12O2S/c1-11(2)6-3-4-10-9(8-11)5-7-14(10,12)13/h3-8H,1-2H3. The van der Waals surface area contributed by atoms with Gasteiger partial charge in [0.1, 0.15) is 0 Å². The van der Waals surface area contributed by atoms with Crippen LogP contribution in [0.5, 0.6) is 0 Å². The summed E-state index contributed by atoms with van der Waals surface area (Å²) >= 11 is 0. The van der Waals surface area contributed by atoms with E-state index in [4.69, 9.17) is 0 Å². The minimum atomic E-state index is -3.16. The van der Waals surface area contributed by atoms with Crippen LogP contribution in [0.3, 0.4) is 0 Å². The van der Waals surface area contributed by atoms with Gasteiger partial charge in [0.05, 0.1) is 4.91 Å². The third kappa shape index (κ3) is 1.48. The van der Waals surface area contributed by atoms with Crippen LogP contribution in [0.2, 0.25) is 0 Å². The molecule has 1 heterocycles. The first-order chi connectivity index (χ1) is 6.41. The molecule has 14 heavy (non-hydrogen) atoms. The fraction of sp³-hybridized carbons (Fsp3) is 0.273. The summed E-state index contributed by atoms with van der Waals surface area (Å²) < 4.78 is 23.1. The maximum atomic E-state index is 11.5. The molecule has 0 unspecified atom stereocenters. The van der Waals surface area contributed by atoms with E-state index in [9.17, 15) is 8.42 Å². The van der Waals surface area contributed by atoms with Crippen molar-refractivity contribution in [3.05, 3.63) is 46.3 Å². The second-order valence-electron chi connectivity index (χ2n) is 4.16. The molecule has 0 aromatic heterocycles. The predicted octanol–water partition coefficient (Wildman–Crippen LogP) is 2.33. The first-order valence-electron chi connectivity index (χ1n) is 4.47. The van der Waals surface area contributed by atoms with E-state index < -0.39 is 9.84 Å². The Bertz CT molecular complexity index is 485. The van der Waals surface area contributed by atoms with Gasteiger partial charge in [0, 0.05) is 10.8 Å². The molecule has 0 bridgehead atoms. The summed E-state index contributed by atoms with van der Waals surface area (Å²) in [6.07, 6.45) is 9.10. The molecule has 2 rings (SSSR count). The molecule has 0 N–H and O–H groups in total. The highest BCUT2D eigenvalue weighted by Gasteiger charge is 2.26. The molecule has 0 atom stereocenters. The Labute approximate surface area is 84.2 Å². The molecule has 1 aliphatic heterocycles. The molecule has 0 saturated carbocycles. The summed E-state index contributed by atoms with van der Waals surface area (Å²) in [6, 6.07) is 0. The SMILES string of the molecule is CC1(C)C=CC=C2C(=C1)C=CS2(=O)=O. The summed E-state index contributed by atoms with van der Waals surface area (Å²) in [5, 5.41) is 1.26. The van der Waals surface area contributed by atoms with Gasteiger partial charge in [0.2, 0.25) is 0 Å². The molecule has 0 aromatic carbocycles. The molecule has 0 fully saturated rings. The van der Waals surface area contributed by atoms with E-state index in [0.717, 1.165) is 5.57 Å². The summed E-state index contributed by atoms with van der Waals surface area (Å²) in [5.41, 5.74) is 0.720. The van der Waals surface area contributed by atoms with Crippen molar-refractivity contribution in [2.45, 2.75) is 13.8 Å². The average molecular weight is 208 g/mol. The van der Waals surface area contributed by atoms with Crippen LogP contribution in [-0.4, -0.2) is 8.42 Å². The highest BCUT2D eigenvalue weighted by Crippen LogP contribution is 2.34. The van der Waals surface area contributed by atoms with Crippen LogP contribution >= 0.6 is 0 Å². The lowest BCUT2D eigenvalue weighted by atomic mass is 9.91. The molecule has 0 amide bonds. The fourth-order valence-corrected chi connectivity index (χ4v) is 2.82. The fourth-order valence-electron chi connectivity index (χ4n) is 1.63. The molecule has 3 heteroatoms. The number of hydrogen-bond acceptors (Lipinski definition) is 2. The predicted molar refractivity (Wildman–Crippen MR) is 57.1 cm³/mol. The molecule has 74 valence electrons. The maximum absolute atomic E-state index is 11.5. The van der Waals surface area contributed by atoms with Crippen molar-refractivity contribution in [1.29, 1.82) is 0 Å². The molecule has 2 aliphatic rings. The van der Waals surface area contributed by atoms with Crippen LogP contribution < -0.4 is 0 Å². The molecule has 2 nitrogen and oxygen atoms in total. The van der Waals surface area contributed by atoms with Gasteiger partial charge >= 0.3 is 0 Å². The zero-order chi connectivity index (χ0) is 10.4. The van der Waals surface area contributed by atoms with Crippen molar-refractivity contribution in [2.75, 3.05) is 0 Å². The summed E-state index contributed by atoms with van der Waals surface area (Å²) in [7, 11) is -3.16. The van der Waals surface area contributed by atoms with Crippen LogP contribution in [0.4, 0.5) is 0 Å². The minimum Gasteiger partial charge on any atom is -0.219 e. The van der Waals surface area contributed by atoms with Crippen LogP contribution in [0.15, 0.2) is 46.3 Å². The van der Waals surface area contributed by atoms with Crippen LogP contribution in [0.1, 0.15) is 13.8 Å². The van der Waals surface area contributed by atoms with Crippen molar-refractivity contribution in [1.82, 2.24) is 0 Å². The highest BCUT2D eigenvalue weighted by molar-refractivity contribution is 7.98. The van der Waals surface area contributed by atoms with E-state index >= 15 is 0 Å². The number of sulfone groups is 1. The summed E-state index contributed by atoms with van der Waals surface area (Å²) in [6.45, 7) is 4.10. The van der Waals surface area contributed by atoms with Crippen molar-refractivity contribution in [3.8, 4) is 0 Å². The van der Waals surface area contributed by atoms with E-state index in [1.807, 2.05) is 32.1 Å². The first kappa shape index (κ1) is 9.46. The lowest BCUT2D eigenvalue weighted by molar-refractivity contribution is 0.611. The number of fused-ring (bicyclic) bond motifs is 1. The lowest BCUT2D eigenvalue weighted by Crippen LogP contribution is -2.02. The van der Waals surface area contributed by atoms with Gasteiger partial charge in [-0.2, -0.15) is 0 Å². The Balaban J connectivity index is 2.62. The van der Waals surface area contributed by atoms with Crippen molar-refractivity contribution < 1.29 is 8.42 Å². The topological polar surface area (TPSA) is 34.1 Å². The van der Waals surface area contributed by atoms with Gasteiger partial charge in [-0.25, -0.2) is 8.42 Å². The third-order valence-corrected chi connectivity index (χ3v) is 3.80. The van der Waals surface area contributed by atoms with E-state index in [1.165, 1.54) is 5.41 Å². The van der Waals surface area contributed by atoms with Crippen LogP contribution in [-0.2, 0) is 9.84 Å². The Morgan fingerprint density at radius 2 is 2.00 bits per heavy atom. The second-order valence-corrected chi connectivity index (χ2v) is 5.96. The van der Waals surface area contributed by atoms with E-state index in [0.29, 0.717) is 4.91 Å². The lowest BCUT2D eigenvalue weighted by Gasteiger charge is -2.13. The van der Waals surface area contributed by atoms with Gasteiger partial charge in [-0.1, -0.05) is 32.1 Å². The molecule has 0 saturated heterocycles. The van der Waals surface area contributed by atoms with Gasteiger partial charge in [-0.05, 0) is 17.7 Å². The molecule has 0 aromatic rings.